The Morgan fingerprint density at radius 2 is 2.12 bits per heavy atom. The summed E-state index contributed by atoms with van der Waals surface area (Å²) in [6.45, 7) is 2.52. The average Bonchev–Trinajstić information content (AvgIpc) is 3.25. The zero-order chi connectivity index (χ0) is 17.9. The molecule has 3 heterocycles. The Morgan fingerprint density at radius 3 is 2.96 bits per heavy atom. The number of para-hydroxylation sites is 1. The fourth-order valence-corrected chi connectivity index (χ4v) is 3.60. The summed E-state index contributed by atoms with van der Waals surface area (Å²) >= 11 is 1.56. The first-order valence-electron chi connectivity index (χ1n) is 8.12. The molecule has 130 valence electrons. The van der Waals surface area contributed by atoms with Crippen LogP contribution >= 0.6 is 11.3 Å². The van der Waals surface area contributed by atoms with E-state index in [1.54, 1.807) is 28.4 Å². The zero-order valence-electron chi connectivity index (χ0n) is 14.1. The highest BCUT2D eigenvalue weighted by Gasteiger charge is 2.12. The number of aromatic nitrogens is 5. The van der Waals surface area contributed by atoms with Gasteiger partial charge in [-0.05, 0) is 31.2 Å². The summed E-state index contributed by atoms with van der Waals surface area (Å²) in [6.07, 6.45) is 3.52. The normalized spacial score (nSPS) is 11.0. The van der Waals surface area contributed by atoms with E-state index in [1.807, 2.05) is 43.3 Å². The summed E-state index contributed by atoms with van der Waals surface area (Å²) in [5.74, 6) is -0.114. The van der Waals surface area contributed by atoms with Crippen LogP contribution in [0.5, 0.6) is 0 Å². The van der Waals surface area contributed by atoms with Crippen LogP contribution in [0.15, 0.2) is 48.8 Å². The molecule has 1 aromatic carbocycles. The number of benzene rings is 1. The summed E-state index contributed by atoms with van der Waals surface area (Å²) in [4.78, 5) is 22.0. The highest BCUT2D eigenvalue weighted by molar-refractivity contribution is 7.15. The summed E-state index contributed by atoms with van der Waals surface area (Å²) < 4.78 is 1.60. The number of carbonyl (C=O) groups excluding carboxylic acids is 1. The number of hydrogen-bond donors (Lipinski definition) is 1. The van der Waals surface area contributed by atoms with Gasteiger partial charge in [0.05, 0.1) is 17.8 Å². The molecule has 26 heavy (non-hydrogen) atoms. The number of carbonyl (C=O) groups is 1. The quantitative estimate of drug-likeness (QED) is 0.588. The highest BCUT2D eigenvalue weighted by atomic mass is 32.1. The van der Waals surface area contributed by atoms with Gasteiger partial charge >= 0.3 is 0 Å². The van der Waals surface area contributed by atoms with Crippen molar-refractivity contribution in [2.45, 2.75) is 20.0 Å². The number of thiazole rings is 1. The van der Waals surface area contributed by atoms with E-state index >= 15 is 0 Å². The second-order valence-electron chi connectivity index (χ2n) is 5.78. The minimum absolute atomic E-state index is 0.114. The molecule has 0 atom stereocenters. The van der Waals surface area contributed by atoms with Crippen molar-refractivity contribution in [3.05, 3.63) is 59.4 Å². The Bertz CT molecular complexity index is 1060. The van der Waals surface area contributed by atoms with Gasteiger partial charge in [0, 0.05) is 22.8 Å². The number of aryl methyl sites for hydroxylation is 1. The molecular formula is C18H16N6OS. The first-order chi connectivity index (χ1) is 12.7. The van der Waals surface area contributed by atoms with Crippen molar-refractivity contribution in [1.29, 1.82) is 0 Å². The predicted molar refractivity (Wildman–Crippen MR) is 99.5 cm³/mol. The maximum absolute atomic E-state index is 12.3. The van der Waals surface area contributed by atoms with Gasteiger partial charge in [-0.15, -0.1) is 16.4 Å². The number of pyridine rings is 1. The van der Waals surface area contributed by atoms with Crippen molar-refractivity contribution >= 4 is 28.3 Å². The molecule has 0 unspecified atom stereocenters. The van der Waals surface area contributed by atoms with E-state index in [9.17, 15) is 4.79 Å². The number of fused-ring (bicyclic) bond motifs is 1. The Kier molecular flexibility index (Phi) is 4.40. The Balaban J connectivity index is 1.42. The second-order valence-corrected chi connectivity index (χ2v) is 6.87. The van der Waals surface area contributed by atoms with Crippen LogP contribution in [0.3, 0.4) is 0 Å². The lowest BCUT2D eigenvalue weighted by Crippen LogP contribution is -2.27. The Hall–Kier alpha value is -3.13. The zero-order valence-corrected chi connectivity index (χ0v) is 14.9. The van der Waals surface area contributed by atoms with Crippen molar-refractivity contribution < 1.29 is 4.79 Å². The van der Waals surface area contributed by atoms with E-state index in [4.69, 9.17) is 0 Å². The van der Waals surface area contributed by atoms with E-state index in [-0.39, 0.29) is 12.5 Å². The largest absolute Gasteiger partial charge is 0.350 e. The summed E-state index contributed by atoms with van der Waals surface area (Å²) in [5.41, 5.74) is 3.52. The van der Waals surface area contributed by atoms with Gasteiger partial charge in [0.25, 0.3) is 0 Å². The molecule has 1 N–H and O–H groups in total. The lowest BCUT2D eigenvalue weighted by molar-refractivity contribution is -0.121. The smallest absolute Gasteiger partial charge is 0.242 e. The maximum atomic E-state index is 12.3. The Labute approximate surface area is 153 Å². The third-order valence-corrected chi connectivity index (χ3v) is 5.17. The average molecular weight is 364 g/mol. The van der Waals surface area contributed by atoms with E-state index in [2.05, 4.69) is 25.6 Å². The van der Waals surface area contributed by atoms with Gasteiger partial charge in [0.15, 0.2) is 0 Å². The highest BCUT2D eigenvalue weighted by Crippen LogP contribution is 2.27. The molecular weight excluding hydrogens is 348 g/mol. The molecule has 0 radical (unpaired) electrons. The fraction of sp³-hybridized carbons (Fsp3) is 0.167. The van der Waals surface area contributed by atoms with Crippen LogP contribution in [0.1, 0.15) is 10.6 Å². The number of amides is 1. The number of hydrogen-bond acceptors (Lipinski definition) is 6. The molecule has 0 bridgehead atoms. The van der Waals surface area contributed by atoms with Gasteiger partial charge in [0.2, 0.25) is 5.91 Å². The number of nitrogens with zero attached hydrogens (tertiary/aromatic N) is 5. The van der Waals surface area contributed by atoms with Crippen molar-refractivity contribution in [2.75, 3.05) is 0 Å². The molecule has 4 aromatic rings. The Morgan fingerprint density at radius 1 is 1.23 bits per heavy atom. The van der Waals surface area contributed by atoms with Gasteiger partial charge < -0.3 is 5.32 Å². The first kappa shape index (κ1) is 16.3. The van der Waals surface area contributed by atoms with E-state index in [0.29, 0.717) is 6.54 Å². The lowest BCUT2D eigenvalue weighted by atomic mass is 10.3. The standard InChI is InChI=1S/C18H16N6OS/c1-12-16(26-18(21-12)13-5-4-8-19-9-13)10-20-17(25)11-24-15-7-3-2-6-14(15)22-23-24/h2-9H,10-11H2,1H3,(H,20,25). The van der Waals surface area contributed by atoms with Crippen LogP contribution in [0, 0.1) is 6.92 Å². The predicted octanol–water partition coefficient (Wildman–Crippen LogP) is 2.57. The van der Waals surface area contributed by atoms with Gasteiger partial charge in [-0.1, -0.05) is 17.3 Å². The maximum Gasteiger partial charge on any atom is 0.242 e. The van der Waals surface area contributed by atoms with Crippen LogP contribution in [0.4, 0.5) is 0 Å². The van der Waals surface area contributed by atoms with Crippen molar-refractivity contribution in [1.82, 2.24) is 30.3 Å². The van der Waals surface area contributed by atoms with Crippen LogP contribution in [-0.2, 0) is 17.9 Å². The van der Waals surface area contributed by atoms with Crippen LogP contribution in [0.25, 0.3) is 21.6 Å². The van der Waals surface area contributed by atoms with E-state index in [1.165, 1.54) is 0 Å². The third-order valence-electron chi connectivity index (χ3n) is 3.96. The molecule has 0 aliphatic carbocycles. The van der Waals surface area contributed by atoms with Crippen LogP contribution < -0.4 is 5.32 Å². The molecule has 1 amide bonds. The molecule has 0 aliphatic heterocycles. The number of rotatable bonds is 5. The van der Waals surface area contributed by atoms with Crippen molar-refractivity contribution in [3.8, 4) is 10.6 Å². The molecule has 4 rings (SSSR count). The molecule has 8 heteroatoms. The SMILES string of the molecule is Cc1nc(-c2cccnc2)sc1CNC(=O)Cn1nnc2ccccc21. The third kappa shape index (κ3) is 3.31. The minimum atomic E-state index is -0.114. The van der Waals surface area contributed by atoms with Gasteiger partial charge in [-0.3, -0.25) is 9.78 Å². The minimum Gasteiger partial charge on any atom is -0.350 e. The van der Waals surface area contributed by atoms with E-state index < -0.39 is 0 Å². The molecule has 3 aromatic heterocycles. The fourth-order valence-electron chi connectivity index (χ4n) is 2.61. The van der Waals surface area contributed by atoms with Crippen molar-refractivity contribution in [2.24, 2.45) is 0 Å². The summed E-state index contributed by atoms with van der Waals surface area (Å²) in [5, 5.41) is 11.9. The molecule has 7 nitrogen and oxygen atoms in total. The summed E-state index contributed by atoms with van der Waals surface area (Å²) in [7, 11) is 0. The van der Waals surface area contributed by atoms with Gasteiger partial charge in [0.1, 0.15) is 17.1 Å². The van der Waals surface area contributed by atoms with Gasteiger partial charge in [-0.25, -0.2) is 9.67 Å². The van der Waals surface area contributed by atoms with Crippen LogP contribution in [-0.4, -0.2) is 30.9 Å². The topological polar surface area (TPSA) is 85.6 Å². The lowest BCUT2D eigenvalue weighted by Gasteiger charge is -2.04. The summed E-state index contributed by atoms with van der Waals surface area (Å²) in [6, 6.07) is 11.4. The molecule has 0 spiro atoms. The monoisotopic (exact) mass is 364 g/mol. The van der Waals surface area contributed by atoms with Crippen LogP contribution in [0.2, 0.25) is 0 Å². The number of nitrogens with one attached hydrogen (secondary N) is 1. The van der Waals surface area contributed by atoms with Gasteiger partial charge in [-0.2, -0.15) is 0 Å². The molecule has 0 saturated heterocycles. The van der Waals surface area contributed by atoms with E-state index in [0.717, 1.165) is 32.2 Å². The van der Waals surface area contributed by atoms with Crippen molar-refractivity contribution in [3.63, 3.8) is 0 Å². The second kappa shape index (κ2) is 7.01. The molecule has 0 aliphatic rings. The molecule has 0 fully saturated rings. The first-order valence-corrected chi connectivity index (χ1v) is 8.94. The molecule has 0 saturated carbocycles.